The first-order chi connectivity index (χ1) is 8.33. The van der Waals surface area contributed by atoms with Crippen molar-refractivity contribution in [1.82, 2.24) is 5.32 Å². The highest BCUT2D eigenvalue weighted by molar-refractivity contribution is 4.96. The lowest BCUT2D eigenvalue weighted by Crippen LogP contribution is -2.31. The summed E-state index contributed by atoms with van der Waals surface area (Å²) < 4.78 is 15.3. The minimum absolute atomic E-state index is 0.304. The first-order valence-corrected chi connectivity index (χ1v) is 5.80. The predicted octanol–water partition coefficient (Wildman–Crippen LogP) is 0.783. The van der Waals surface area contributed by atoms with E-state index >= 15 is 0 Å². The number of aliphatic hydroxyl groups excluding tert-OH is 1. The Hall–Kier alpha value is -0.880. The van der Waals surface area contributed by atoms with Crippen LogP contribution in [0.1, 0.15) is 12.2 Å². The lowest BCUT2D eigenvalue weighted by atomic mass is 10.3. The number of ether oxygens (including phenoxy) is 2. The lowest BCUT2D eigenvalue weighted by Gasteiger charge is -2.11. The van der Waals surface area contributed by atoms with E-state index in [1.165, 1.54) is 0 Å². The smallest absolute Gasteiger partial charge is 0.129 e. The molecule has 0 spiro atoms. The highest BCUT2D eigenvalue weighted by atomic mass is 16.5. The summed E-state index contributed by atoms with van der Waals surface area (Å²) in [5.41, 5.74) is 0. The van der Waals surface area contributed by atoms with Crippen LogP contribution in [-0.4, -0.2) is 44.6 Å². The third-order valence-corrected chi connectivity index (χ3v) is 2.22. The molecule has 98 valence electrons. The first-order valence-electron chi connectivity index (χ1n) is 5.80. The zero-order valence-corrected chi connectivity index (χ0v) is 10.2. The summed E-state index contributed by atoms with van der Waals surface area (Å²) in [6.45, 7) is 2.80. The Balaban J connectivity index is 1.92. The van der Waals surface area contributed by atoms with E-state index in [0.717, 1.165) is 25.3 Å². The number of aliphatic hydroxyl groups is 1. The Morgan fingerprint density at radius 2 is 2.41 bits per heavy atom. The van der Waals surface area contributed by atoms with Crippen molar-refractivity contribution in [2.45, 2.75) is 19.1 Å². The van der Waals surface area contributed by atoms with E-state index in [9.17, 15) is 5.11 Å². The molecular weight excluding hydrogens is 222 g/mol. The van der Waals surface area contributed by atoms with Gasteiger partial charge in [0.25, 0.3) is 0 Å². The minimum Gasteiger partial charge on any atom is -0.467 e. The maximum atomic E-state index is 9.58. The number of nitrogens with one attached hydrogen (secondary N) is 1. The third kappa shape index (κ3) is 7.12. The molecule has 1 aromatic rings. The molecule has 0 aliphatic heterocycles. The quantitative estimate of drug-likeness (QED) is 0.595. The molecule has 1 aromatic heterocycles. The minimum atomic E-state index is -0.493. The van der Waals surface area contributed by atoms with E-state index in [-0.39, 0.29) is 0 Å². The normalized spacial score (nSPS) is 12.8. The van der Waals surface area contributed by atoms with E-state index in [4.69, 9.17) is 13.9 Å². The molecule has 0 saturated heterocycles. The van der Waals surface area contributed by atoms with Crippen LogP contribution in [0.3, 0.4) is 0 Å². The number of furan rings is 1. The Morgan fingerprint density at radius 1 is 1.53 bits per heavy atom. The summed E-state index contributed by atoms with van der Waals surface area (Å²) in [5.74, 6) is 0.769. The van der Waals surface area contributed by atoms with Gasteiger partial charge in [-0.15, -0.1) is 0 Å². The SMILES string of the molecule is COCCCNC[C@@H](O)COCc1ccco1. The number of hydrogen-bond donors (Lipinski definition) is 2. The summed E-state index contributed by atoms with van der Waals surface area (Å²) in [6.07, 6.45) is 2.05. The fourth-order valence-corrected chi connectivity index (χ4v) is 1.36. The lowest BCUT2D eigenvalue weighted by molar-refractivity contribution is 0.0226. The Morgan fingerprint density at radius 3 is 3.12 bits per heavy atom. The van der Waals surface area contributed by atoms with Gasteiger partial charge in [0, 0.05) is 20.3 Å². The summed E-state index contributed by atoms with van der Waals surface area (Å²) in [5, 5.41) is 12.7. The van der Waals surface area contributed by atoms with Gasteiger partial charge in [-0.25, -0.2) is 0 Å². The summed E-state index contributed by atoms with van der Waals surface area (Å²) in [4.78, 5) is 0. The number of rotatable bonds is 10. The standard InChI is InChI=1S/C12H21NO4/c1-15-6-3-5-13-8-11(14)9-16-10-12-4-2-7-17-12/h2,4,7,11,13-14H,3,5-6,8-10H2,1H3/t11-/m1/s1. The predicted molar refractivity (Wildman–Crippen MR) is 63.7 cm³/mol. The summed E-state index contributed by atoms with van der Waals surface area (Å²) in [7, 11) is 1.68. The van der Waals surface area contributed by atoms with Crippen molar-refractivity contribution in [1.29, 1.82) is 0 Å². The number of methoxy groups -OCH3 is 1. The van der Waals surface area contributed by atoms with Gasteiger partial charge in [0.1, 0.15) is 12.4 Å². The topological polar surface area (TPSA) is 63.9 Å². The van der Waals surface area contributed by atoms with Gasteiger partial charge in [-0.3, -0.25) is 0 Å². The van der Waals surface area contributed by atoms with E-state index in [0.29, 0.717) is 19.8 Å². The van der Waals surface area contributed by atoms with Crippen molar-refractivity contribution in [2.75, 3.05) is 33.4 Å². The zero-order valence-electron chi connectivity index (χ0n) is 10.2. The molecule has 1 rings (SSSR count). The van der Waals surface area contributed by atoms with E-state index in [2.05, 4.69) is 5.32 Å². The third-order valence-electron chi connectivity index (χ3n) is 2.22. The maximum Gasteiger partial charge on any atom is 0.129 e. The molecule has 5 heteroatoms. The van der Waals surface area contributed by atoms with Crippen LogP contribution in [0, 0.1) is 0 Å². The average molecular weight is 243 g/mol. The van der Waals surface area contributed by atoms with E-state index in [1.807, 2.05) is 12.1 Å². The van der Waals surface area contributed by atoms with Gasteiger partial charge in [0.15, 0.2) is 0 Å². The second kappa shape index (κ2) is 9.18. The van der Waals surface area contributed by atoms with E-state index < -0.39 is 6.10 Å². The highest BCUT2D eigenvalue weighted by Crippen LogP contribution is 2.01. The van der Waals surface area contributed by atoms with Crippen molar-refractivity contribution >= 4 is 0 Å². The van der Waals surface area contributed by atoms with Crippen LogP contribution in [0.25, 0.3) is 0 Å². The van der Waals surface area contributed by atoms with Gasteiger partial charge in [0.05, 0.1) is 19.0 Å². The molecule has 0 bridgehead atoms. The molecule has 1 heterocycles. The van der Waals surface area contributed by atoms with Crippen LogP contribution in [0.5, 0.6) is 0 Å². The molecular formula is C12H21NO4. The van der Waals surface area contributed by atoms with E-state index in [1.54, 1.807) is 13.4 Å². The fraction of sp³-hybridized carbons (Fsp3) is 0.667. The van der Waals surface area contributed by atoms with Crippen molar-refractivity contribution < 1.29 is 19.0 Å². The van der Waals surface area contributed by atoms with Gasteiger partial charge in [-0.1, -0.05) is 0 Å². The van der Waals surface area contributed by atoms with Gasteiger partial charge in [-0.05, 0) is 25.1 Å². The molecule has 0 fully saturated rings. The fourth-order valence-electron chi connectivity index (χ4n) is 1.36. The highest BCUT2D eigenvalue weighted by Gasteiger charge is 2.04. The molecule has 0 aromatic carbocycles. The number of hydrogen-bond acceptors (Lipinski definition) is 5. The van der Waals surface area contributed by atoms with Gasteiger partial charge < -0.3 is 24.3 Å². The molecule has 0 aliphatic rings. The first kappa shape index (κ1) is 14.2. The molecule has 5 nitrogen and oxygen atoms in total. The zero-order chi connectivity index (χ0) is 12.3. The van der Waals surface area contributed by atoms with Gasteiger partial charge >= 0.3 is 0 Å². The molecule has 17 heavy (non-hydrogen) atoms. The van der Waals surface area contributed by atoms with Crippen LogP contribution in [0.4, 0.5) is 0 Å². The molecule has 0 unspecified atom stereocenters. The van der Waals surface area contributed by atoms with Crippen LogP contribution in [0.15, 0.2) is 22.8 Å². The van der Waals surface area contributed by atoms with Crippen molar-refractivity contribution in [2.24, 2.45) is 0 Å². The Kier molecular flexibility index (Phi) is 7.66. The van der Waals surface area contributed by atoms with Gasteiger partial charge in [0.2, 0.25) is 0 Å². The summed E-state index contributed by atoms with van der Waals surface area (Å²) >= 11 is 0. The molecule has 0 radical (unpaired) electrons. The second-order valence-corrected chi connectivity index (χ2v) is 3.80. The monoisotopic (exact) mass is 243 g/mol. The van der Waals surface area contributed by atoms with Crippen LogP contribution < -0.4 is 5.32 Å². The molecule has 2 N–H and O–H groups in total. The van der Waals surface area contributed by atoms with Crippen LogP contribution in [-0.2, 0) is 16.1 Å². The van der Waals surface area contributed by atoms with Gasteiger partial charge in [-0.2, -0.15) is 0 Å². The molecule has 0 saturated carbocycles. The maximum absolute atomic E-state index is 9.58. The second-order valence-electron chi connectivity index (χ2n) is 3.80. The molecule has 0 amide bonds. The average Bonchev–Trinajstić information content (AvgIpc) is 2.82. The van der Waals surface area contributed by atoms with Crippen molar-refractivity contribution in [3.63, 3.8) is 0 Å². The molecule has 0 aliphatic carbocycles. The molecule has 1 atom stereocenters. The van der Waals surface area contributed by atoms with Crippen molar-refractivity contribution in [3.8, 4) is 0 Å². The largest absolute Gasteiger partial charge is 0.467 e. The Bertz CT molecular complexity index is 263. The van der Waals surface area contributed by atoms with Crippen LogP contribution in [0.2, 0.25) is 0 Å². The van der Waals surface area contributed by atoms with Crippen LogP contribution >= 0.6 is 0 Å². The Labute approximate surface area is 102 Å². The summed E-state index contributed by atoms with van der Waals surface area (Å²) in [6, 6.07) is 3.65. The van der Waals surface area contributed by atoms with Crippen molar-refractivity contribution in [3.05, 3.63) is 24.2 Å².